The molecule has 0 aromatic heterocycles. The average Bonchev–Trinajstić information content (AvgIpc) is 2.33. The molecule has 0 amide bonds. The van der Waals surface area contributed by atoms with E-state index in [0.29, 0.717) is 18.1 Å². The fourth-order valence-electron chi connectivity index (χ4n) is 2.10. The Hall–Kier alpha value is -0.0800. The van der Waals surface area contributed by atoms with Crippen molar-refractivity contribution in [2.75, 3.05) is 13.1 Å². The molecule has 0 N–H and O–H groups in total. The minimum absolute atomic E-state index is 0.0331. The van der Waals surface area contributed by atoms with E-state index in [0.717, 1.165) is 25.9 Å². The summed E-state index contributed by atoms with van der Waals surface area (Å²) < 4.78 is 6.44. The minimum Gasteiger partial charge on any atom is -0.370 e. The van der Waals surface area contributed by atoms with Gasteiger partial charge in [0.2, 0.25) is 0 Å². The third kappa shape index (κ3) is 5.71. The summed E-state index contributed by atoms with van der Waals surface area (Å²) in [7, 11) is 0. The van der Waals surface area contributed by atoms with Crippen LogP contribution in [0.3, 0.4) is 0 Å². The van der Waals surface area contributed by atoms with Crippen molar-refractivity contribution in [3.05, 3.63) is 0 Å². The quantitative estimate of drug-likeness (QED) is 0.609. The van der Waals surface area contributed by atoms with E-state index in [1.807, 2.05) is 0 Å². The van der Waals surface area contributed by atoms with Gasteiger partial charge < -0.3 is 4.74 Å². The third-order valence-electron chi connectivity index (χ3n) is 4.23. The third-order valence-corrected chi connectivity index (χ3v) is 4.23. The first-order chi connectivity index (χ1) is 8.29. The van der Waals surface area contributed by atoms with Crippen molar-refractivity contribution in [2.24, 2.45) is 5.92 Å². The Morgan fingerprint density at radius 1 is 1.00 bits per heavy atom. The first kappa shape index (κ1) is 17.9. The van der Waals surface area contributed by atoms with Gasteiger partial charge in [0.15, 0.2) is 0 Å². The Balaban J connectivity index is 4.66. The second kappa shape index (κ2) is 8.16. The van der Waals surface area contributed by atoms with Crippen LogP contribution in [0.1, 0.15) is 68.2 Å². The fraction of sp³-hybridized carbons (Fsp3) is 1.00. The summed E-state index contributed by atoms with van der Waals surface area (Å²) in [5, 5.41) is 0. The molecule has 0 rings (SSSR count). The van der Waals surface area contributed by atoms with Gasteiger partial charge in [0.1, 0.15) is 0 Å². The molecule has 18 heavy (non-hydrogen) atoms. The van der Waals surface area contributed by atoms with Crippen LogP contribution < -0.4 is 0 Å². The van der Waals surface area contributed by atoms with E-state index in [1.54, 1.807) is 0 Å². The standard InChI is InChI=1S/C16H35NO/c1-9-16(8,10-2)18-15(13(4)5)12-17(11-3)14(6)7/h13-15H,9-12H2,1-8H3. The molecule has 1 atom stereocenters. The summed E-state index contributed by atoms with van der Waals surface area (Å²) in [4.78, 5) is 2.50. The molecule has 0 aliphatic carbocycles. The van der Waals surface area contributed by atoms with Gasteiger partial charge in [-0.05, 0) is 46.1 Å². The van der Waals surface area contributed by atoms with Crippen LogP contribution in [-0.4, -0.2) is 35.7 Å². The van der Waals surface area contributed by atoms with E-state index < -0.39 is 0 Å². The Morgan fingerprint density at radius 3 is 1.78 bits per heavy atom. The molecule has 0 saturated heterocycles. The average molecular weight is 257 g/mol. The van der Waals surface area contributed by atoms with Crippen molar-refractivity contribution in [1.29, 1.82) is 0 Å². The highest BCUT2D eigenvalue weighted by Gasteiger charge is 2.28. The van der Waals surface area contributed by atoms with Crippen LogP contribution in [0.25, 0.3) is 0 Å². The summed E-state index contributed by atoms with van der Waals surface area (Å²) in [5.74, 6) is 0.565. The molecule has 0 fully saturated rings. The predicted octanol–water partition coefficient (Wildman–Crippen LogP) is 4.34. The van der Waals surface area contributed by atoms with Crippen molar-refractivity contribution in [2.45, 2.75) is 86.0 Å². The summed E-state index contributed by atoms with van der Waals surface area (Å²) >= 11 is 0. The van der Waals surface area contributed by atoms with Crippen LogP contribution in [0, 0.1) is 5.92 Å². The van der Waals surface area contributed by atoms with Gasteiger partial charge in [-0.3, -0.25) is 4.90 Å². The highest BCUT2D eigenvalue weighted by atomic mass is 16.5. The van der Waals surface area contributed by atoms with Crippen LogP contribution in [0.15, 0.2) is 0 Å². The number of ether oxygens (including phenoxy) is 1. The number of likely N-dealkylation sites (N-methyl/N-ethyl adjacent to an activating group) is 1. The van der Waals surface area contributed by atoms with Crippen LogP contribution >= 0.6 is 0 Å². The van der Waals surface area contributed by atoms with Gasteiger partial charge in [-0.1, -0.05) is 34.6 Å². The molecule has 0 spiro atoms. The summed E-state index contributed by atoms with van der Waals surface area (Å²) in [5.41, 5.74) is 0.0331. The van der Waals surface area contributed by atoms with E-state index in [-0.39, 0.29) is 5.60 Å². The summed E-state index contributed by atoms with van der Waals surface area (Å²) in [6.07, 6.45) is 2.50. The van der Waals surface area contributed by atoms with E-state index in [1.165, 1.54) is 0 Å². The smallest absolute Gasteiger partial charge is 0.0732 e. The molecule has 0 saturated carbocycles. The van der Waals surface area contributed by atoms with Gasteiger partial charge >= 0.3 is 0 Å². The van der Waals surface area contributed by atoms with Crippen molar-refractivity contribution in [3.63, 3.8) is 0 Å². The van der Waals surface area contributed by atoms with E-state index >= 15 is 0 Å². The lowest BCUT2D eigenvalue weighted by Crippen LogP contribution is -2.44. The maximum absolute atomic E-state index is 6.44. The maximum atomic E-state index is 6.44. The molecule has 0 aromatic carbocycles. The number of nitrogens with zero attached hydrogens (tertiary/aromatic N) is 1. The first-order valence-corrected chi connectivity index (χ1v) is 7.71. The van der Waals surface area contributed by atoms with Gasteiger partial charge in [-0.15, -0.1) is 0 Å². The normalized spacial score (nSPS) is 14.8. The highest BCUT2D eigenvalue weighted by Crippen LogP contribution is 2.25. The van der Waals surface area contributed by atoms with Gasteiger partial charge in [-0.2, -0.15) is 0 Å². The lowest BCUT2D eigenvalue weighted by Gasteiger charge is -2.38. The molecule has 2 nitrogen and oxygen atoms in total. The van der Waals surface area contributed by atoms with E-state index in [4.69, 9.17) is 4.74 Å². The number of hydrogen-bond donors (Lipinski definition) is 0. The van der Waals surface area contributed by atoms with Crippen molar-refractivity contribution >= 4 is 0 Å². The van der Waals surface area contributed by atoms with Gasteiger partial charge in [0.05, 0.1) is 11.7 Å². The molecule has 0 bridgehead atoms. The summed E-state index contributed by atoms with van der Waals surface area (Å²) in [6.45, 7) is 20.1. The zero-order valence-electron chi connectivity index (χ0n) is 13.9. The number of hydrogen-bond acceptors (Lipinski definition) is 2. The Labute approximate surface area is 115 Å². The van der Waals surface area contributed by atoms with Gasteiger partial charge in [0.25, 0.3) is 0 Å². The lowest BCUT2D eigenvalue weighted by atomic mass is 9.97. The molecule has 2 heteroatoms. The molecule has 1 unspecified atom stereocenters. The predicted molar refractivity (Wildman–Crippen MR) is 81.1 cm³/mol. The molecule has 0 aliphatic rings. The zero-order valence-corrected chi connectivity index (χ0v) is 13.9. The van der Waals surface area contributed by atoms with Crippen LogP contribution in [0.4, 0.5) is 0 Å². The lowest BCUT2D eigenvalue weighted by molar-refractivity contribution is -0.115. The second-order valence-corrected chi connectivity index (χ2v) is 6.24. The molecule has 0 heterocycles. The van der Waals surface area contributed by atoms with E-state index in [9.17, 15) is 0 Å². The van der Waals surface area contributed by atoms with Crippen molar-refractivity contribution in [3.8, 4) is 0 Å². The monoisotopic (exact) mass is 257 g/mol. The van der Waals surface area contributed by atoms with Crippen molar-refractivity contribution in [1.82, 2.24) is 4.90 Å². The van der Waals surface area contributed by atoms with E-state index in [2.05, 4.69) is 60.3 Å². The SMILES string of the molecule is CCN(CC(OC(C)(CC)CC)C(C)C)C(C)C. The molecule has 110 valence electrons. The molecule has 0 radical (unpaired) electrons. The Morgan fingerprint density at radius 2 is 1.50 bits per heavy atom. The van der Waals surface area contributed by atoms with Gasteiger partial charge in [0, 0.05) is 12.6 Å². The van der Waals surface area contributed by atoms with Crippen LogP contribution in [0.5, 0.6) is 0 Å². The molecular weight excluding hydrogens is 222 g/mol. The fourth-order valence-corrected chi connectivity index (χ4v) is 2.10. The van der Waals surface area contributed by atoms with Crippen LogP contribution in [0.2, 0.25) is 0 Å². The topological polar surface area (TPSA) is 12.5 Å². The minimum atomic E-state index is 0.0331. The molecule has 0 aliphatic heterocycles. The first-order valence-electron chi connectivity index (χ1n) is 7.71. The van der Waals surface area contributed by atoms with Gasteiger partial charge in [-0.25, -0.2) is 0 Å². The second-order valence-electron chi connectivity index (χ2n) is 6.24. The van der Waals surface area contributed by atoms with Crippen LogP contribution in [-0.2, 0) is 4.74 Å². The zero-order chi connectivity index (χ0) is 14.3. The molecular formula is C16H35NO. The number of rotatable bonds is 9. The summed E-state index contributed by atoms with van der Waals surface area (Å²) in [6, 6.07) is 0.592. The Bertz CT molecular complexity index is 209. The largest absolute Gasteiger partial charge is 0.370 e. The maximum Gasteiger partial charge on any atom is 0.0732 e. The molecule has 0 aromatic rings. The van der Waals surface area contributed by atoms with Crippen molar-refractivity contribution < 1.29 is 4.74 Å². The Kier molecular flexibility index (Phi) is 8.13. The highest BCUT2D eigenvalue weighted by molar-refractivity contribution is 4.78.